The topological polar surface area (TPSA) is 85.6 Å². The van der Waals surface area contributed by atoms with Crippen LogP contribution in [0.25, 0.3) is 22.4 Å². The Labute approximate surface area is 184 Å². The van der Waals surface area contributed by atoms with Crippen LogP contribution in [0.15, 0.2) is 91.3 Å². The number of pyridine rings is 1. The van der Waals surface area contributed by atoms with E-state index in [0.717, 1.165) is 28.7 Å². The van der Waals surface area contributed by atoms with Crippen molar-refractivity contribution < 1.29 is 4.79 Å². The van der Waals surface area contributed by atoms with Crippen molar-refractivity contribution in [1.29, 1.82) is 0 Å². The van der Waals surface area contributed by atoms with Crippen molar-refractivity contribution in [2.45, 2.75) is 13.0 Å². The molecule has 3 heterocycles. The molecule has 32 heavy (non-hydrogen) atoms. The Kier molecular flexibility index (Phi) is 5.36. The molecule has 7 heteroatoms. The first-order valence-electron chi connectivity index (χ1n) is 10.3. The van der Waals surface area contributed by atoms with Gasteiger partial charge in [-0.3, -0.25) is 15.1 Å². The number of hydrogen-bond acceptors (Lipinski definition) is 5. The van der Waals surface area contributed by atoms with E-state index >= 15 is 0 Å². The first-order valence-corrected chi connectivity index (χ1v) is 10.3. The molecule has 0 unspecified atom stereocenters. The molecule has 0 aliphatic carbocycles. The third-order valence-corrected chi connectivity index (χ3v) is 5.12. The third-order valence-electron chi connectivity index (χ3n) is 5.12. The molecule has 0 spiro atoms. The maximum Gasteiger partial charge on any atom is 0.276 e. The van der Waals surface area contributed by atoms with Gasteiger partial charge in [0.05, 0.1) is 11.0 Å². The van der Waals surface area contributed by atoms with Crippen LogP contribution in [0.3, 0.4) is 0 Å². The van der Waals surface area contributed by atoms with Gasteiger partial charge in [-0.05, 0) is 30.3 Å². The number of hydrogen-bond donors (Lipinski definition) is 1. The molecule has 0 aliphatic heterocycles. The van der Waals surface area contributed by atoms with Crippen molar-refractivity contribution in [2.75, 3.05) is 5.32 Å². The summed E-state index contributed by atoms with van der Waals surface area (Å²) in [6, 6.07) is 24.8. The number of para-hydroxylation sites is 2. The Morgan fingerprint density at radius 2 is 1.62 bits per heavy atom. The average Bonchev–Trinajstić information content (AvgIpc) is 3.21. The van der Waals surface area contributed by atoms with E-state index in [-0.39, 0.29) is 11.6 Å². The number of imidazole rings is 1. The summed E-state index contributed by atoms with van der Waals surface area (Å²) in [4.78, 5) is 30.8. The minimum atomic E-state index is -0.334. The molecule has 3 aromatic heterocycles. The highest BCUT2D eigenvalue weighted by molar-refractivity contribution is 6.02. The standard InChI is InChI=1S/C25H20N6O/c32-24(21-13-16-27-23(28-21)18-8-2-1-3-9-18)30-25-29-20-11-4-5-12-22(20)31(25)17-14-19-10-6-7-15-26-19/h1-13,15-16H,14,17H2,(H,29,30,32). The maximum atomic E-state index is 13.0. The van der Waals surface area contributed by atoms with Crippen molar-refractivity contribution in [3.63, 3.8) is 0 Å². The van der Waals surface area contributed by atoms with Gasteiger partial charge in [-0.15, -0.1) is 0 Å². The molecule has 156 valence electrons. The fourth-order valence-corrected chi connectivity index (χ4v) is 3.55. The molecular weight excluding hydrogens is 400 g/mol. The van der Waals surface area contributed by atoms with E-state index in [1.54, 1.807) is 18.5 Å². The van der Waals surface area contributed by atoms with Gasteiger partial charge >= 0.3 is 0 Å². The number of aromatic nitrogens is 5. The zero-order chi connectivity index (χ0) is 21.8. The Hall–Kier alpha value is -4.39. The van der Waals surface area contributed by atoms with Gasteiger partial charge in [0.2, 0.25) is 5.95 Å². The number of aryl methyl sites for hydroxylation is 2. The molecule has 7 nitrogen and oxygen atoms in total. The second-order valence-electron chi connectivity index (χ2n) is 7.23. The van der Waals surface area contributed by atoms with Gasteiger partial charge in [0.25, 0.3) is 5.91 Å². The molecule has 0 bridgehead atoms. The van der Waals surface area contributed by atoms with Crippen molar-refractivity contribution in [1.82, 2.24) is 24.5 Å². The number of carbonyl (C=O) groups excluding carboxylic acids is 1. The Morgan fingerprint density at radius 1 is 0.812 bits per heavy atom. The van der Waals surface area contributed by atoms with Crippen molar-refractivity contribution in [3.05, 3.63) is 103 Å². The van der Waals surface area contributed by atoms with Gasteiger partial charge in [-0.1, -0.05) is 48.5 Å². The fourth-order valence-electron chi connectivity index (χ4n) is 3.55. The lowest BCUT2D eigenvalue weighted by Crippen LogP contribution is -2.18. The predicted molar refractivity (Wildman–Crippen MR) is 123 cm³/mol. The highest BCUT2D eigenvalue weighted by Gasteiger charge is 2.16. The molecule has 2 aromatic carbocycles. The maximum absolute atomic E-state index is 13.0. The lowest BCUT2D eigenvalue weighted by Gasteiger charge is -2.10. The van der Waals surface area contributed by atoms with Crippen LogP contribution in [0, 0.1) is 0 Å². The second kappa shape index (κ2) is 8.77. The molecule has 5 rings (SSSR count). The molecule has 0 radical (unpaired) electrons. The highest BCUT2D eigenvalue weighted by atomic mass is 16.2. The van der Waals surface area contributed by atoms with Crippen LogP contribution in [-0.4, -0.2) is 30.4 Å². The summed E-state index contributed by atoms with van der Waals surface area (Å²) in [7, 11) is 0. The van der Waals surface area contributed by atoms with Gasteiger partial charge in [0, 0.05) is 36.6 Å². The van der Waals surface area contributed by atoms with E-state index in [9.17, 15) is 4.79 Å². The van der Waals surface area contributed by atoms with Crippen LogP contribution >= 0.6 is 0 Å². The molecule has 5 aromatic rings. The minimum Gasteiger partial charge on any atom is -0.310 e. The Bertz CT molecular complexity index is 1370. The van der Waals surface area contributed by atoms with Gasteiger partial charge in [-0.25, -0.2) is 15.0 Å². The lowest BCUT2D eigenvalue weighted by molar-refractivity contribution is 0.102. The molecular formula is C25H20N6O. The number of amides is 1. The summed E-state index contributed by atoms with van der Waals surface area (Å²) >= 11 is 0. The van der Waals surface area contributed by atoms with Crippen molar-refractivity contribution in [3.8, 4) is 11.4 Å². The smallest absolute Gasteiger partial charge is 0.276 e. The van der Waals surface area contributed by atoms with Gasteiger partial charge in [-0.2, -0.15) is 0 Å². The van der Waals surface area contributed by atoms with E-state index in [1.165, 1.54) is 0 Å². The van der Waals surface area contributed by atoms with Crippen LogP contribution in [0.4, 0.5) is 5.95 Å². The second-order valence-corrected chi connectivity index (χ2v) is 7.23. The molecule has 0 atom stereocenters. The number of rotatable bonds is 6. The lowest BCUT2D eigenvalue weighted by atomic mass is 10.2. The molecule has 0 saturated heterocycles. The van der Waals surface area contributed by atoms with Crippen molar-refractivity contribution >= 4 is 22.9 Å². The SMILES string of the molecule is O=C(Nc1nc2ccccc2n1CCc1ccccn1)c1ccnc(-c2ccccc2)n1. The van der Waals surface area contributed by atoms with Crippen molar-refractivity contribution in [2.24, 2.45) is 0 Å². The molecule has 0 aliphatic rings. The molecule has 1 N–H and O–H groups in total. The predicted octanol–water partition coefficient (Wildman–Crippen LogP) is 4.38. The molecule has 0 saturated carbocycles. The molecule has 1 amide bonds. The zero-order valence-corrected chi connectivity index (χ0v) is 17.2. The Morgan fingerprint density at radius 3 is 2.47 bits per heavy atom. The van der Waals surface area contributed by atoms with Gasteiger partial charge in [0.1, 0.15) is 5.69 Å². The van der Waals surface area contributed by atoms with Gasteiger partial charge in [0.15, 0.2) is 5.82 Å². The zero-order valence-electron chi connectivity index (χ0n) is 17.2. The largest absolute Gasteiger partial charge is 0.310 e. The first-order chi connectivity index (χ1) is 15.8. The van der Waals surface area contributed by atoms with E-state index in [2.05, 4.69) is 25.3 Å². The van der Waals surface area contributed by atoms with Crippen LogP contribution in [0.1, 0.15) is 16.2 Å². The quantitative estimate of drug-likeness (QED) is 0.440. The summed E-state index contributed by atoms with van der Waals surface area (Å²) in [6.45, 7) is 0.631. The first kappa shape index (κ1) is 19.6. The monoisotopic (exact) mass is 420 g/mol. The number of nitrogens with zero attached hydrogens (tertiary/aromatic N) is 5. The number of benzene rings is 2. The number of nitrogens with one attached hydrogen (secondary N) is 1. The van der Waals surface area contributed by atoms with Crippen LogP contribution in [0.2, 0.25) is 0 Å². The van der Waals surface area contributed by atoms with Crippen LogP contribution in [-0.2, 0) is 13.0 Å². The van der Waals surface area contributed by atoms with Gasteiger partial charge < -0.3 is 4.57 Å². The summed E-state index contributed by atoms with van der Waals surface area (Å²) in [5, 5.41) is 2.93. The number of fused-ring (bicyclic) bond motifs is 1. The molecule has 0 fully saturated rings. The minimum absolute atomic E-state index is 0.280. The Balaban J connectivity index is 1.43. The fraction of sp³-hybridized carbons (Fsp3) is 0.0800. The van der Waals surface area contributed by atoms with E-state index < -0.39 is 0 Å². The van der Waals surface area contributed by atoms with E-state index in [4.69, 9.17) is 0 Å². The number of anilines is 1. The summed E-state index contributed by atoms with van der Waals surface area (Å²) in [5.41, 5.74) is 3.88. The summed E-state index contributed by atoms with van der Waals surface area (Å²) < 4.78 is 2.00. The highest BCUT2D eigenvalue weighted by Crippen LogP contribution is 2.21. The number of carbonyl (C=O) groups is 1. The normalized spacial score (nSPS) is 10.9. The summed E-state index contributed by atoms with van der Waals surface area (Å²) in [5.74, 6) is 0.646. The van der Waals surface area contributed by atoms with E-state index in [0.29, 0.717) is 18.3 Å². The van der Waals surface area contributed by atoms with Crippen LogP contribution in [0.5, 0.6) is 0 Å². The average molecular weight is 420 g/mol. The van der Waals surface area contributed by atoms with E-state index in [1.807, 2.05) is 77.4 Å². The third kappa shape index (κ3) is 4.09. The van der Waals surface area contributed by atoms with Crippen LogP contribution < -0.4 is 5.32 Å². The summed E-state index contributed by atoms with van der Waals surface area (Å²) in [6.07, 6.45) is 4.09.